The Morgan fingerprint density at radius 1 is 1.26 bits per heavy atom. The topological polar surface area (TPSA) is 113 Å². The molecule has 0 bridgehead atoms. The first-order valence-corrected chi connectivity index (χ1v) is 9.42. The van der Waals surface area contributed by atoms with Gasteiger partial charge in [0, 0.05) is 5.57 Å². The van der Waals surface area contributed by atoms with Gasteiger partial charge >= 0.3 is 5.97 Å². The van der Waals surface area contributed by atoms with Gasteiger partial charge in [-0.1, -0.05) is 31.8 Å². The van der Waals surface area contributed by atoms with Crippen molar-refractivity contribution in [1.29, 1.82) is 0 Å². The molecule has 0 radical (unpaired) electrons. The maximum atomic E-state index is 13.0. The molecule has 1 atom stereocenters. The van der Waals surface area contributed by atoms with Crippen LogP contribution >= 0.6 is 0 Å². The van der Waals surface area contributed by atoms with E-state index in [1.807, 2.05) is 0 Å². The zero-order valence-corrected chi connectivity index (χ0v) is 13.6. The third kappa shape index (κ3) is 2.92. The molecule has 0 aromatic carbocycles. The molecule has 2 aliphatic carbocycles. The van der Waals surface area contributed by atoms with Crippen LogP contribution in [-0.2, 0) is 14.8 Å². The number of rotatable bonds is 3. The number of nitrogens with two attached hydrogens (primary N) is 1. The Kier molecular flexibility index (Phi) is 4.29. The molecule has 3 aliphatic rings. The van der Waals surface area contributed by atoms with Crippen molar-refractivity contribution in [2.75, 3.05) is 0 Å². The highest BCUT2D eigenvalue weighted by Gasteiger charge is 2.42. The monoisotopic (exact) mass is 339 g/mol. The third-order valence-electron chi connectivity index (χ3n) is 4.61. The van der Waals surface area contributed by atoms with Crippen LogP contribution in [0, 0.1) is 0 Å². The standard InChI is InChI=1S/C15H21N3O4S/c16-15-17-12-9-10(14(19)20)7-8-13(12)18(15)23(21,22)11-5-3-1-2-4-6-11/h8-9,11,15H,1-7,16H2,(H,19,20). The molecular formula is C15H21N3O4S. The van der Waals surface area contributed by atoms with E-state index >= 15 is 0 Å². The number of aliphatic carboxylic acids is 1. The van der Waals surface area contributed by atoms with Crippen molar-refractivity contribution in [2.24, 2.45) is 10.7 Å². The number of fused-ring (bicyclic) bond motifs is 1. The molecule has 0 amide bonds. The summed E-state index contributed by atoms with van der Waals surface area (Å²) in [5, 5.41) is 8.64. The summed E-state index contributed by atoms with van der Waals surface area (Å²) in [6.45, 7) is 0. The van der Waals surface area contributed by atoms with E-state index < -0.39 is 27.5 Å². The predicted molar refractivity (Wildman–Crippen MR) is 86.1 cm³/mol. The Bertz CT molecular complexity index is 700. The summed E-state index contributed by atoms with van der Waals surface area (Å²) >= 11 is 0. The van der Waals surface area contributed by atoms with E-state index in [4.69, 9.17) is 10.8 Å². The average Bonchev–Trinajstić information content (AvgIpc) is 2.67. The number of carboxylic acids is 1. The minimum absolute atomic E-state index is 0.174. The van der Waals surface area contributed by atoms with Gasteiger partial charge in [0.1, 0.15) is 0 Å². The summed E-state index contributed by atoms with van der Waals surface area (Å²) in [5.41, 5.74) is 6.89. The van der Waals surface area contributed by atoms with E-state index in [1.165, 1.54) is 10.4 Å². The fourth-order valence-corrected chi connectivity index (χ4v) is 5.43. The maximum absolute atomic E-state index is 13.0. The molecule has 7 nitrogen and oxygen atoms in total. The molecule has 126 valence electrons. The summed E-state index contributed by atoms with van der Waals surface area (Å²) in [7, 11) is -3.59. The second kappa shape index (κ2) is 6.09. The first kappa shape index (κ1) is 16.2. The molecule has 1 saturated carbocycles. The van der Waals surface area contributed by atoms with Gasteiger partial charge < -0.3 is 5.11 Å². The minimum Gasteiger partial charge on any atom is -0.478 e. The van der Waals surface area contributed by atoms with Crippen LogP contribution in [0.15, 0.2) is 28.4 Å². The number of hydrogen-bond acceptors (Lipinski definition) is 5. The molecule has 0 saturated heterocycles. The molecule has 3 N–H and O–H groups in total. The number of aliphatic imine (C=N–C) groups is 1. The second-order valence-corrected chi connectivity index (χ2v) is 8.24. The second-order valence-electron chi connectivity index (χ2n) is 6.15. The van der Waals surface area contributed by atoms with Crippen LogP contribution in [0.3, 0.4) is 0 Å². The highest BCUT2D eigenvalue weighted by Crippen LogP contribution is 2.33. The average molecular weight is 339 g/mol. The molecule has 1 fully saturated rings. The molecule has 0 aromatic heterocycles. The number of carboxylic acid groups (broad SMARTS) is 1. The fourth-order valence-electron chi connectivity index (χ4n) is 3.39. The Labute approximate surface area is 135 Å². The molecule has 1 heterocycles. The summed E-state index contributed by atoms with van der Waals surface area (Å²) < 4.78 is 27.2. The number of hydrogen-bond donors (Lipinski definition) is 2. The lowest BCUT2D eigenvalue weighted by molar-refractivity contribution is -0.132. The number of carbonyl (C=O) groups is 1. The highest BCUT2D eigenvalue weighted by molar-refractivity contribution is 7.89. The Morgan fingerprint density at radius 2 is 1.91 bits per heavy atom. The molecular weight excluding hydrogens is 318 g/mol. The van der Waals surface area contributed by atoms with E-state index in [-0.39, 0.29) is 12.0 Å². The molecule has 3 rings (SSSR count). The van der Waals surface area contributed by atoms with Gasteiger partial charge in [0.25, 0.3) is 0 Å². The lowest BCUT2D eigenvalue weighted by Crippen LogP contribution is -2.45. The quantitative estimate of drug-likeness (QED) is 0.753. The Balaban J connectivity index is 1.89. The molecule has 0 spiro atoms. The highest BCUT2D eigenvalue weighted by atomic mass is 32.2. The van der Waals surface area contributed by atoms with Crippen LogP contribution in [0.5, 0.6) is 0 Å². The largest absolute Gasteiger partial charge is 0.478 e. The molecule has 1 unspecified atom stereocenters. The van der Waals surface area contributed by atoms with E-state index in [0.29, 0.717) is 24.3 Å². The molecule has 23 heavy (non-hydrogen) atoms. The smallest absolute Gasteiger partial charge is 0.331 e. The van der Waals surface area contributed by atoms with Gasteiger partial charge in [-0.05, 0) is 25.3 Å². The van der Waals surface area contributed by atoms with Crippen molar-refractivity contribution in [3.05, 3.63) is 23.4 Å². The lowest BCUT2D eigenvalue weighted by atomic mass is 10.0. The minimum atomic E-state index is -3.59. The third-order valence-corrected chi connectivity index (χ3v) is 6.88. The molecule has 1 aliphatic heterocycles. The van der Waals surface area contributed by atoms with Crippen molar-refractivity contribution in [1.82, 2.24) is 4.31 Å². The van der Waals surface area contributed by atoms with Gasteiger partial charge in [-0.15, -0.1) is 0 Å². The lowest BCUT2D eigenvalue weighted by Gasteiger charge is -2.29. The first-order chi connectivity index (χ1) is 10.9. The predicted octanol–water partition coefficient (Wildman–Crippen LogP) is 1.34. The van der Waals surface area contributed by atoms with Crippen LogP contribution in [0.4, 0.5) is 0 Å². The Morgan fingerprint density at radius 3 is 2.52 bits per heavy atom. The van der Waals surface area contributed by atoms with Crippen LogP contribution < -0.4 is 5.73 Å². The van der Waals surface area contributed by atoms with Crippen LogP contribution in [-0.4, -0.2) is 41.1 Å². The van der Waals surface area contributed by atoms with Gasteiger partial charge in [0.05, 0.1) is 16.7 Å². The zero-order chi connectivity index (χ0) is 16.6. The van der Waals surface area contributed by atoms with E-state index in [9.17, 15) is 13.2 Å². The summed E-state index contributed by atoms with van der Waals surface area (Å²) in [6, 6.07) is 0. The number of sulfonamides is 1. The van der Waals surface area contributed by atoms with Crippen LogP contribution in [0.25, 0.3) is 0 Å². The van der Waals surface area contributed by atoms with Crippen molar-refractivity contribution >= 4 is 21.7 Å². The Hall–Kier alpha value is -1.67. The van der Waals surface area contributed by atoms with Gasteiger partial charge in [-0.3, -0.25) is 5.73 Å². The van der Waals surface area contributed by atoms with Crippen molar-refractivity contribution in [2.45, 2.75) is 56.5 Å². The first-order valence-electron chi connectivity index (χ1n) is 7.92. The summed E-state index contributed by atoms with van der Waals surface area (Å²) in [4.78, 5) is 15.2. The molecule has 8 heteroatoms. The normalized spacial score (nSPS) is 26.0. The zero-order valence-electron chi connectivity index (χ0n) is 12.8. The summed E-state index contributed by atoms with van der Waals surface area (Å²) in [5.74, 6) is -1.03. The van der Waals surface area contributed by atoms with Gasteiger partial charge in [0.15, 0.2) is 6.29 Å². The van der Waals surface area contributed by atoms with Crippen molar-refractivity contribution in [3.63, 3.8) is 0 Å². The molecule has 0 aromatic rings. The SMILES string of the molecule is NC1N=C2C=C(C(=O)O)CC=C2N1S(=O)(=O)C1CCCCCC1. The van der Waals surface area contributed by atoms with Gasteiger partial charge in [-0.2, -0.15) is 0 Å². The number of nitrogens with zero attached hydrogens (tertiary/aromatic N) is 2. The number of allylic oxidation sites excluding steroid dienone is 2. The van der Waals surface area contributed by atoms with E-state index in [0.717, 1.165) is 25.7 Å². The summed E-state index contributed by atoms with van der Waals surface area (Å²) in [6.07, 6.45) is 7.41. The van der Waals surface area contributed by atoms with E-state index in [2.05, 4.69) is 4.99 Å². The van der Waals surface area contributed by atoms with Crippen LogP contribution in [0.1, 0.15) is 44.9 Å². The fraction of sp³-hybridized carbons (Fsp3) is 0.600. The van der Waals surface area contributed by atoms with Crippen LogP contribution in [0.2, 0.25) is 0 Å². The van der Waals surface area contributed by atoms with Gasteiger partial charge in [0.2, 0.25) is 10.0 Å². The van der Waals surface area contributed by atoms with Crippen molar-refractivity contribution in [3.8, 4) is 0 Å². The maximum Gasteiger partial charge on any atom is 0.331 e. The van der Waals surface area contributed by atoms with E-state index in [1.54, 1.807) is 6.08 Å². The van der Waals surface area contributed by atoms with Crippen molar-refractivity contribution < 1.29 is 18.3 Å². The van der Waals surface area contributed by atoms with Gasteiger partial charge in [-0.25, -0.2) is 22.5 Å².